The number of methoxy groups -OCH3 is 1. The monoisotopic (exact) mass is 349 g/mol. The van der Waals surface area contributed by atoms with Crippen LogP contribution in [0.3, 0.4) is 0 Å². The average Bonchev–Trinajstić information content (AvgIpc) is 2.93. The number of carbonyl (C=O) groups is 1. The molecule has 2 aromatic rings. The second kappa shape index (κ2) is 6.49. The van der Waals surface area contributed by atoms with E-state index in [-0.39, 0.29) is 17.5 Å². The molecule has 1 heterocycles. The smallest absolute Gasteiger partial charge is 0.256 e. The SMILES string of the molecule is CO[C@@](C)(C(=O)N[C@H]1CCc2nc(N)sc2C1)c1ccccc1F. The minimum absolute atomic E-state index is 0.0360. The van der Waals surface area contributed by atoms with Crippen LogP contribution in [0.4, 0.5) is 9.52 Å². The average molecular weight is 349 g/mol. The number of aromatic nitrogens is 1. The Morgan fingerprint density at radius 1 is 1.50 bits per heavy atom. The summed E-state index contributed by atoms with van der Waals surface area (Å²) in [6.07, 6.45) is 2.24. The third-order valence-electron chi connectivity index (χ3n) is 4.52. The lowest BCUT2D eigenvalue weighted by atomic mass is 9.92. The zero-order valence-corrected chi connectivity index (χ0v) is 14.5. The van der Waals surface area contributed by atoms with Gasteiger partial charge in [0.2, 0.25) is 0 Å². The first-order valence-corrected chi connectivity index (χ1v) is 8.61. The number of amides is 1. The molecule has 0 saturated heterocycles. The number of nitrogens with one attached hydrogen (secondary N) is 1. The van der Waals surface area contributed by atoms with Crippen LogP contribution in [0.2, 0.25) is 0 Å². The number of aryl methyl sites for hydroxylation is 1. The van der Waals surface area contributed by atoms with Crippen LogP contribution in [-0.4, -0.2) is 24.0 Å². The predicted octanol–water partition coefficient (Wildman–Crippen LogP) is 2.40. The molecule has 3 N–H and O–H groups in total. The number of ether oxygens (including phenoxy) is 1. The molecule has 0 bridgehead atoms. The van der Waals surface area contributed by atoms with Gasteiger partial charge in [-0.1, -0.05) is 18.2 Å². The van der Waals surface area contributed by atoms with E-state index in [1.165, 1.54) is 24.5 Å². The van der Waals surface area contributed by atoms with E-state index in [0.29, 0.717) is 11.6 Å². The number of halogens is 1. The highest BCUT2D eigenvalue weighted by atomic mass is 32.1. The molecule has 5 nitrogen and oxygen atoms in total. The Balaban J connectivity index is 1.77. The van der Waals surface area contributed by atoms with Gasteiger partial charge in [0, 0.05) is 30.0 Å². The van der Waals surface area contributed by atoms with Crippen LogP contribution in [0.5, 0.6) is 0 Å². The van der Waals surface area contributed by atoms with Crippen molar-refractivity contribution in [2.75, 3.05) is 12.8 Å². The number of anilines is 1. The molecule has 0 fully saturated rings. The zero-order chi connectivity index (χ0) is 17.3. The number of hydrogen-bond acceptors (Lipinski definition) is 5. The summed E-state index contributed by atoms with van der Waals surface area (Å²) >= 11 is 1.46. The van der Waals surface area contributed by atoms with Gasteiger partial charge in [0.25, 0.3) is 5.91 Å². The fourth-order valence-corrected chi connectivity index (χ4v) is 3.97. The minimum atomic E-state index is -1.38. The van der Waals surface area contributed by atoms with Gasteiger partial charge in [-0.3, -0.25) is 4.79 Å². The maximum Gasteiger partial charge on any atom is 0.256 e. The lowest BCUT2D eigenvalue weighted by molar-refractivity contribution is -0.143. The van der Waals surface area contributed by atoms with Gasteiger partial charge in [0.05, 0.1) is 5.69 Å². The highest BCUT2D eigenvalue weighted by Crippen LogP contribution is 2.30. The van der Waals surface area contributed by atoms with Crippen molar-refractivity contribution in [1.29, 1.82) is 0 Å². The number of nitrogen functional groups attached to an aromatic ring is 1. The van der Waals surface area contributed by atoms with Crippen molar-refractivity contribution in [3.63, 3.8) is 0 Å². The Morgan fingerprint density at radius 3 is 2.96 bits per heavy atom. The molecule has 3 rings (SSSR count). The Morgan fingerprint density at radius 2 is 2.25 bits per heavy atom. The van der Waals surface area contributed by atoms with Crippen LogP contribution in [0, 0.1) is 5.82 Å². The van der Waals surface area contributed by atoms with Gasteiger partial charge in [-0.05, 0) is 25.8 Å². The van der Waals surface area contributed by atoms with Crippen molar-refractivity contribution >= 4 is 22.4 Å². The highest BCUT2D eigenvalue weighted by molar-refractivity contribution is 7.15. The summed E-state index contributed by atoms with van der Waals surface area (Å²) in [4.78, 5) is 18.2. The van der Waals surface area contributed by atoms with Crippen LogP contribution in [0.25, 0.3) is 0 Å². The summed E-state index contributed by atoms with van der Waals surface area (Å²) in [6.45, 7) is 1.58. The third kappa shape index (κ3) is 3.01. The highest BCUT2D eigenvalue weighted by Gasteiger charge is 2.39. The molecule has 24 heavy (non-hydrogen) atoms. The van der Waals surface area contributed by atoms with Crippen LogP contribution in [0.15, 0.2) is 24.3 Å². The quantitative estimate of drug-likeness (QED) is 0.889. The Kier molecular flexibility index (Phi) is 4.56. The van der Waals surface area contributed by atoms with Gasteiger partial charge in [0.15, 0.2) is 10.7 Å². The van der Waals surface area contributed by atoms with Crippen molar-refractivity contribution in [2.45, 2.75) is 37.8 Å². The number of fused-ring (bicyclic) bond motifs is 1. The molecule has 0 radical (unpaired) electrons. The fourth-order valence-electron chi connectivity index (χ4n) is 3.01. The molecule has 0 aliphatic heterocycles. The molecular weight excluding hydrogens is 329 g/mol. The van der Waals surface area contributed by atoms with Crippen molar-refractivity contribution in [1.82, 2.24) is 10.3 Å². The molecule has 1 aromatic carbocycles. The summed E-state index contributed by atoms with van der Waals surface area (Å²) in [7, 11) is 1.41. The van der Waals surface area contributed by atoms with E-state index in [0.717, 1.165) is 23.4 Å². The maximum atomic E-state index is 14.1. The second-order valence-electron chi connectivity index (χ2n) is 6.05. The van der Waals surface area contributed by atoms with E-state index in [9.17, 15) is 9.18 Å². The lowest BCUT2D eigenvalue weighted by Crippen LogP contribution is -2.49. The van der Waals surface area contributed by atoms with Gasteiger partial charge in [-0.2, -0.15) is 0 Å². The van der Waals surface area contributed by atoms with E-state index in [1.54, 1.807) is 25.1 Å². The summed E-state index contributed by atoms with van der Waals surface area (Å²) in [5, 5.41) is 3.55. The van der Waals surface area contributed by atoms with Gasteiger partial charge in [-0.25, -0.2) is 9.37 Å². The largest absolute Gasteiger partial charge is 0.375 e. The van der Waals surface area contributed by atoms with E-state index >= 15 is 0 Å². The van der Waals surface area contributed by atoms with E-state index in [4.69, 9.17) is 10.5 Å². The van der Waals surface area contributed by atoms with Crippen LogP contribution in [-0.2, 0) is 28.0 Å². The molecule has 0 spiro atoms. The maximum absolute atomic E-state index is 14.1. The minimum Gasteiger partial charge on any atom is -0.375 e. The fraction of sp³-hybridized carbons (Fsp3) is 0.412. The number of hydrogen-bond donors (Lipinski definition) is 2. The topological polar surface area (TPSA) is 77.2 Å². The normalized spacial score (nSPS) is 19.4. The summed E-state index contributed by atoms with van der Waals surface area (Å²) in [5.41, 5.74) is 5.62. The van der Waals surface area contributed by atoms with E-state index in [1.807, 2.05) is 0 Å². The Hall–Kier alpha value is -1.99. The molecule has 1 amide bonds. The lowest BCUT2D eigenvalue weighted by Gasteiger charge is -2.31. The predicted molar refractivity (Wildman–Crippen MR) is 91.2 cm³/mol. The molecule has 1 aromatic heterocycles. The number of nitrogens with zero attached hydrogens (tertiary/aromatic N) is 1. The summed E-state index contributed by atoms with van der Waals surface area (Å²) < 4.78 is 19.5. The van der Waals surface area contributed by atoms with Gasteiger partial charge < -0.3 is 15.8 Å². The number of benzene rings is 1. The molecular formula is C17H20FN3O2S. The van der Waals surface area contributed by atoms with Crippen molar-refractivity contribution < 1.29 is 13.9 Å². The molecule has 1 aliphatic carbocycles. The molecule has 0 saturated carbocycles. The van der Waals surface area contributed by atoms with E-state index < -0.39 is 11.4 Å². The van der Waals surface area contributed by atoms with Gasteiger partial charge in [0.1, 0.15) is 5.82 Å². The first-order valence-electron chi connectivity index (χ1n) is 7.79. The molecule has 1 aliphatic rings. The Bertz CT molecular complexity index is 764. The number of carbonyl (C=O) groups excluding carboxylic acids is 1. The first kappa shape index (κ1) is 16.9. The zero-order valence-electron chi connectivity index (χ0n) is 13.6. The van der Waals surface area contributed by atoms with Gasteiger partial charge >= 0.3 is 0 Å². The number of thiazole rings is 1. The molecule has 0 unspecified atom stereocenters. The van der Waals surface area contributed by atoms with Crippen LogP contribution >= 0.6 is 11.3 Å². The molecule has 7 heteroatoms. The third-order valence-corrected chi connectivity index (χ3v) is 5.47. The number of nitrogens with two attached hydrogens (primary N) is 1. The number of rotatable bonds is 4. The van der Waals surface area contributed by atoms with E-state index in [2.05, 4.69) is 10.3 Å². The van der Waals surface area contributed by atoms with Crippen molar-refractivity contribution in [2.24, 2.45) is 0 Å². The molecule has 128 valence electrons. The van der Waals surface area contributed by atoms with Crippen LogP contribution < -0.4 is 11.1 Å². The second-order valence-corrected chi connectivity index (χ2v) is 7.17. The molecule has 2 atom stereocenters. The van der Waals surface area contributed by atoms with Gasteiger partial charge in [-0.15, -0.1) is 11.3 Å². The van der Waals surface area contributed by atoms with Crippen LogP contribution in [0.1, 0.15) is 29.5 Å². The first-order chi connectivity index (χ1) is 11.4. The summed E-state index contributed by atoms with van der Waals surface area (Å²) in [6, 6.07) is 6.14. The Labute approximate surface area is 144 Å². The standard InChI is InChI=1S/C17H20FN3O2S/c1-17(23-2,11-5-3-4-6-12(11)18)15(22)20-10-7-8-13-14(9-10)24-16(19)21-13/h3-6,10H,7-9H2,1-2H3,(H2,19,21)(H,20,22)/t10-,17+/m0/s1. The summed E-state index contributed by atoms with van der Waals surface area (Å²) in [5.74, 6) is -0.806. The van der Waals surface area contributed by atoms with Crippen molar-refractivity contribution in [3.8, 4) is 0 Å². The van der Waals surface area contributed by atoms with Crippen molar-refractivity contribution in [3.05, 3.63) is 46.2 Å².